The molecule has 6 nitrogen and oxygen atoms in total. The number of methoxy groups -OCH3 is 1. The number of hydrogen-bond acceptors (Lipinski definition) is 5. The van der Waals surface area contributed by atoms with Crippen molar-refractivity contribution in [3.63, 3.8) is 0 Å². The second kappa shape index (κ2) is 6.38. The molecule has 0 bridgehead atoms. The average Bonchev–Trinajstić information content (AvgIpc) is 3.18. The SMILES string of the molecule is COC(=O)c1cc(NC(=O)[C@]23CCC(=O)N2c2ccccc2S3)ccc1F. The van der Waals surface area contributed by atoms with Gasteiger partial charge in [0.25, 0.3) is 5.91 Å². The number of rotatable bonds is 3. The second-order valence-corrected chi connectivity index (χ2v) is 7.54. The first-order valence-corrected chi connectivity index (χ1v) is 9.08. The quantitative estimate of drug-likeness (QED) is 0.820. The van der Waals surface area contributed by atoms with E-state index in [4.69, 9.17) is 0 Å². The van der Waals surface area contributed by atoms with Crippen LogP contribution in [0.15, 0.2) is 47.4 Å². The summed E-state index contributed by atoms with van der Waals surface area (Å²) < 4.78 is 18.4. The van der Waals surface area contributed by atoms with Crippen molar-refractivity contribution in [1.29, 1.82) is 0 Å². The van der Waals surface area contributed by atoms with Gasteiger partial charge in [0.05, 0.1) is 18.4 Å². The number of nitrogens with one attached hydrogen (secondary N) is 1. The number of hydrogen-bond donors (Lipinski definition) is 1. The zero-order chi connectivity index (χ0) is 19.2. The van der Waals surface area contributed by atoms with Crippen molar-refractivity contribution in [3.8, 4) is 0 Å². The molecule has 2 heterocycles. The molecule has 27 heavy (non-hydrogen) atoms. The normalized spacial score (nSPS) is 20.2. The van der Waals surface area contributed by atoms with Crippen LogP contribution in [0.1, 0.15) is 23.2 Å². The third kappa shape index (κ3) is 2.68. The van der Waals surface area contributed by atoms with Crippen LogP contribution in [-0.2, 0) is 14.3 Å². The van der Waals surface area contributed by atoms with Crippen LogP contribution in [0, 0.1) is 5.82 Å². The van der Waals surface area contributed by atoms with E-state index < -0.39 is 22.6 Å². The van der Waals surface area contributed by atoms with E-state index in [1.165, 1.54) is 28.8 Å². The van der Waals surface area contributed by atoms with E-state index in [9.17, 15) is 18.8 Å². The molecule has 2 amide bonds. The van der Waals surface area contributed by atoms with E-state index in [2.05, 4.69) is 10.1 Å². The Kier molecular flexibility index (Phi) is 4.15. The largest absolute Gasteiger partial charge is 0.465 e. The predicted molar refractivity (Wildman–Crippen MR) is 98.1 cm³/mol. The summed E-state index contributed by atoms with van der Waals surface area (Å²) >= 11 is 1.33. The van der Waals surface area contributed by atoms with Gasteiger partial charge in [-0.3, -0.25) is 14.5 Å². The lowest BCUT2D eigenvalue weighted by Gasteiger charge is -2.29. The number of esters is 1. The number of fused-ring (bicyclic) bond motifs is 3. The zero-order valence-electron chi connectivity index (χ0n) is 14.3. The molecule has 1 saturated heterocycles. The third-order valence-electron chi connectivity index (χ3n) is 4.66. The molecule has 4 rings (SSSR count). The Labute approximate surface area is 158 Å². The average molecular weight is 386 g/mol. The molecule has 1 fully saturated rings. The van der Waals surface area contributed by atoms with Gasteiger partial charge in [-0.2, -0.15) is 0 Å². The van der Waals surface area contributed by atoms with Crippen molar-refractivity contribution in [2.45, 2.75) is 22.6 Å². The van der Waals surface area contributed by atoms with Gasteiger partial charge in [0, 0.05) is 17.0 Å². The third-order valence-corrected chi connectivity index (χ3v) is 6.13. The van der Waals surface area contributed by atoms with E-state index in [0.29, 0.717) is 6.42 Å². The lowest BCUT2D eigenvalue weighted by atomic mass is 10.1. The van der Waals surface area contributed by atoms with Crippen LogP contribution >= 0.6 is 11.8 Å². The van der Waals surface area contributed by atoms with Gasteiger partial charge in [-0.1, -0.05) is 23.9 Å². The van der Waals surface area contributed by atoms with E-state index >= 15 is 0 Å². The fourth-order valence-corrected chi connectivity index (χ4v) is 4.81. The number of para-hydroxylation sites is 1. The maximum Gasteiger partial charge on any atom is 0.340 e. The van der Waals surface area contributed by atoms with Crippen molar-refractivity contribution in [3.05, 3.63) is 53.8 Å². The van der Waals surface area contributed by atoms with Crippen LogP contribution in [-0.4, -0.2) is 29.8 Å². The Morgan fingerprint density at radius 1 is 1.26 bits per heavy atom. The van der Waals surface area contributed by atoms with Crippen molar-refractivity contribution < 1.29 is 23.5 Å². The summed E-state index contributed by atoms with van der Waals surface area (Å²) in [7, 11) is 1.15. The van der Waals surface area contributed by atoms with Crippen molar-refractivity contribution in [2.75, 3.05) is 17.3 Å². The summed E-state index contributed by atoms with van der Waals surface area (Å²) in [6, 6.07) is 11.0. The minimum atomic E-state index is -1.08. The van der Waals surface area contributed by atoms with Gasteiger partial charge in [-0.25, -0.2) is 9.18 Å². The van der Waals surface area contributed by atoms with E-state index in [-0.39, 0.29) is 23.6 Å². The van der Waals surface area contributed by atoms with Gasteiger partial charge in [-0.15, -0.1) is 0 Å². The highest BCUT2D eigenvalue weighted by molar-refractivity contribution is 8.02. The molecule has 2 aliphatic rings. The van der Waals surface area contributed by atoms with Crippen molar-refractivity contribution in [1.82, 2.24) is 0 Å². The molecule has 2 aliphatic heterocycles. The molecular formula is C19H15FN2O4S. The zero-order valence-corrected chi connectivity index (χ0v) is 15.1. The molecule has 0 unspecified atom stereocenters. The summed E-state index contributed by atoms with van der Waals surface area (Å²) in [6.07, 6.45) is 0.633. The Hall–Kier alpha value is -2.87. The number of carbonyl (C=O) groups is 3. The van der Waals surface area contributed by atoms with Crippen molar-refractivity contribution in [2.24, 2.45) is 0 Å². The van der Waals surface area contributed by atoms with Gasteiger partial charge in [0.15, 0.2) is 4.87 Å². The first-order valence-electron chi connectivity index (χ1n) is 8.27. The summed E-state index contributed by atoms with van der Waals surface area (Å²) in [5.74, 6) is -2.07. The number of nitrogens with zero attached hydrogens (tertiary/aromatic N) is 1. The fraction of sp³-hybridized carbons (Fsp3) is 0.211. The standard InChI is InChI=1S/C19H15FN2O4S/c1-26-17(24)12-10-11(6-7-13(12)20)21-18(25)19-9-8-16(23)22(19)14-4-2-3-5-15(14)27-19/h2-7,10H,8-9H2,1H3,(H,21,25)/t19-/m1/s1. The smallest absolute Gasteiger partial charge is 0.340 e. The summed E-state index contributed by atoms with van der Waals surface area (Å²) in [5.41, 5.74) is 0.705. The Morgan fingerprint density at radius 3 is 2.81 bits per heavy atom. The number of carbonyl (C=O) groups excluding carboxylic acids is 3. The number of amides is 2. The molecule has 1 N–H and O–H groups in total. The minimum absolute atomic E-state index is 0.114. The Bertz CT molecular complexity index is 980. The highest BCUT2D eigenvalue weighted by Crippen LogP contribution is 2.56. The number of thioether (sulfide) groups is 1. The van der Waals surface area contributed by atoms with Gasteiger partial charge >= 0.3 is 5.97 Å². The van der Waals surface area contributed by atoms with Gasteiger partial charge in [0.2, 0.25) is 5.91 Å². The Morgan fingerprint density at radius 2 is 2.04 bits per heavy atom. The van der Waals surface area contributed by atoms with E-state index in [1.54, 1.807) is 0 Å². The summed E-state index contributed by atoms with van der Waals surface area (Å²) in [4.78, 5) is 38.5. The van der Waals surface area contributed by atoms with Crippen LogP contribution < -0.4 is 10.2 Å². The van der Waals surface area contributed by atoms with Gasteiger partial charge < -0.3 is 10.1 Å². The van der Waals surface area contributed by atoms with E-state index in [1.807, 2.05) is 24.3 Å². The van der Waals surface area contributed by atoms with Crippen LogP contribution in [0.2, 0.25) is 0 Å². The molecule has 2 aromatic rings. The first-order chi connectivity index (χ1) is 13.0. The molecule has 0 aliphatic carbocycles. The van der Waals surface area contributed by atoms with E-state index in [0.717, 1.165) is 23.8 Å². The highest BCUT2D eigenvalue weighted by Gasteiger charge is 2.57. The molecule has 8 heteroatoms. The lowest BCUT2D eigenvalue weighted by molar-refractivity contribution is -0.121. The Balaban J connectivity index is 1.66. The van der Waals surface area contributed by atoms with Crippen molar-refractivity contribution >= 4 is 40.9 Å². The van der Waals surface area contributed by atoms with Gasteiger partial charge in [-0.05, 0) is 36.8 Å². The number of ether oxygens (including phenoxy) is 1. The molecule has 0 saturated carbocycles. The molecule has 2 aromatic carbocycles. The topological polar surface area (TPSA) is 75.7 Å². The number of halogens is 1. The monoisotopic (exact) mass is 386 g/mol. The summed E-state index contributed by atoms with van der Waals surface area (Å²) in [5, 5.41) is 2.72. The lowest BCUT2D eigenvalue weighted by Crippen LogP contribution is -2.49. The minimum Gasteiger partial charge on any atom is -0.465 e. The first kappa shape index (κ1) is 17.5. The van der Waals surface area contributed by atoms with Crippen LogP contribution in [0.5, 0.6) is 0 Å². The second-order valence-electron chi connectivity index (χ2n) is 6.22. The van der Waals surface area contributed by atoms with Crippen LogP contribution in [0.4, 0.5) is 15.8 Å². The van der Waals surface area contributed by atoms with Crippen LogP contribution in [0.3, 0.4) is 0 Å². The predicted octanol–water partition coefficient (Wildman–Crippen LogP) is 3.18. The number of anilines is 2. The molecule has 138 valence electrons. The molecule has 1 atom stereocenters. The highest BCUT2D eigenvalue weighted by atomic mass is 32.2. The maximum atomic E-state index is 13.8. The molecular weight excluding hydrogens is 371 g/mol. The summed E-state index contributed by atoms with van der Waals surface area (Å²) in [6.45, 7) is 0. The fourth-order valence-electron chi connectivity index (χ4n) is 3.40. The molecule has 0 aromatic heterocycles. The maximum absolute atomic E-state index is 13.8. The van der Waals surface area contributed by atoms with Crippen LogP contribution in [0.25, 0.3) is 0 Å². The van der Waals surface area contributed by atoms with Gasteiger partial charge in [0.1, 0.15) is 5.82 Å². The number of benzene rings is 2. The molecule has 0 spiro atoms. The molecule has 0 radical (unpaired) electrons.